The van der Waals surface area contributed by atoms with E-state index in [9.17, 15) is 14.4 Å². The molecule has 2 aliphatic heterocycles. The third-order valence-corrected chi connectivity index (χ3v) is 8.02. The first-order chi connectivity index (χ1) is 18.6. The highest BCUT2D eigenvalue weighted by Crippen LogP contribution is 2.34. The average Bonchev–Trinajstić information content (AvgIpc) is 3.36. The Morgan fingerprint density at radius 3 is 2.10 bits per heavy atom. The van der Waals surface area contributed by atoms with Gasteiger partial charge in [-0.1, -0.05) is 85.0 Å². The molecule has 0 bridgehead atoms. The molecule has 2 atom stereocenters. The topological polar surface area (TPSA) is 97.0 Å². The van der Waals surface area contributed by atoms with Gasteiger partial charge in [-0.2, -0.15) is 0 Å². The van der Waals surface area contributed by atoms with Crippen molar-refractivity contribution < 1.29 is 23.9 Å². The van der Waals surface area contributed by atoms with Crippen LogP contribution in [0.2, 0.25) is 0 Å². The highest BCUT2D eigenvalue weighted by molar-refractivity contribution is 5.83. The fraction of sp³-hybridized carbons (Fsp3) is 0.903. The molecule has 2 saturated heterocycles. The molecule has 39 heavy (non-hydrogen) atoms. The maximum Gasteiger partial charge on any atom is 0.249 e. The molecule has 8 heteroatoms. The number of nitrogens with one attached hydrogen (secondary N) is 2. The maximum atomic E-state index is 12.9. The quantitative estimate of drug-likeness (QED) is 0.220. The second kappa shape index (κ2) is 17.2. The molecule has 2 N–H and O–H groups in total. The van der Waals surface area contributed by atoms with E-state index in [4.69, 9.17) is 9.47 Å². The molecule has 2 fully saturated rings. The average molecular weight is 552 g/mol. The summed E-state index contributed by atoms with van der Waals surface area (Å²) in [5, 5.41) is 5.93. The molecule has 0 spiro atoms. The Labute approximate surface area is 237 Å². The zero-order valence-corrected chi connectivity index (χ0v) is 25.6. The summed E-state index contributed by atoms with van der Waals surface area (Å²) >= 11 is 0. The van der Waals surface area contributed by atoms with Crippen LogP contribution in [0, 0.1) is 5.41 Å². The van der Waals surface area contributed by atoms with Gasteiger partial charge in [0.1, 0.15) is 6.10 Å². The second-order valence-corrected chi connectivity index (χ2v) is 12.7. The van der Waals surface area contributed by atoms with E-state index >= 15 is 0 Å². The number of hydrogen-bond donors (Lipinski definition) is 2. The zero-order chi connectivity index (χ0) is 28.7. The summed E-state index contributed by atoms with van der Waals surface area (Å²) in [4.78, 5) is 39.9. The van der Waals surface area contributed by atoms with Gasteiger partial charge in [-0.3, -0.25) is 14.4 Å². The van der Waals surface area contributed by atoms with E-state index in [1.54, 1.807) is 13.8 Å². The number of carbonyl (C=O) groups is 3. The van der Waals surface area contributed by atoms with Crippen molar-refractivity contribution in [2.75, 3.05) is 26.2 Å². The fourth-order valence-corrected chi connectivity index (χ4v) is 5.50. The highest BCUT2D eigenvalue weighted by Gasteiger charge is 2.45. The number of carbonyl (C=O) groups excluding carboxylic acids is 3. The summed E-state index contributed by atoms with van der Waals surface area (Å²) in [7, 11) is 0. The predicted molar refractivity (Wildman–Crippen MR) is 155 cm³/mol. The van der Waals surface area contributed by atoms with Crippen LogP contribution in [0.5, 0.6) is 0 Å². The van der Waals surface area contributed by atoms with Gasteiger partial charge < -0.3 is 25.0 Å². The second-order valence-electron chi connectivity index (χ2n) is 12.7. The van der Waals surface area contributed by atoms with Crippen molar-refractivity contribution in [1.82, 2.24) is 15.5 Å². The van der Waals surface area contributed by atoms with Crippen LogP contribution in [-0.4, -0.2) is 66.8 Å². The molecule has 0 saturated carbocycles. The van der Waals surface area contributed by atoms with Crippen LogP contribution in [-0.2, 0) is 23.9 Å². The molecular formula is C31H57N3O5. The maximum absolute atomic E-state index is 12.9. The lowest BCUT2D eigenvalue weighted by atomic mass is 9.85. The largest absolute Gasteiger partial charge is 0.354 e. The molecule has 2 aliphatic rings. The first-order valence-corrected chi connectivity index (χ1v) is 15.7. The smallest absolute Gasteiger partial charge is 0.249 e. The number of unbranched alkanes of at least 4 members (excludes halogenated alkanes) is 10. The Morgan fingerprint density at radius 2 is 1.46 bits per heavy atom. The number of nitrogens with zero attached hydrogens (tertiary/aromatic N) is 1. The minimum Gasteiger partial charge on any atom is -0.354 e. The molecule has 0 aromatic rings. The Balaban J connectivity index is 1.57. The fourth-order valence-electron chi connectivity index (χ4n) is 5.50. The first kappa shape index (κ1) is 33.5. The van der Waals surface area contributed by atoms with Crippen molar-refractivity contribution in [1.29, 1.82) is 0 Å². The molecule has 2 heterocycles. The van der Waals surface area contributed by atoms with Crippen LogP contribution >= 0.6 is 0 Å². The van der Waals surface area contributed by atoms with E-state index in [1.165, 1.54) is 57.8 Å². The van der Waals surface area contributed by atoms with Gasteiger partial charge >= 0.3 is 0 Å². The summed E-state index contributed by atoms with van der Waals surface area (Å²) in [6, 6.07) is 0.0352. The number of ether oxygens (including phenoxy) is 2. The van der Waals surface area contributed by atoms with Crippen molar-refractivity contribution in [3.63, 3.8) is 0 Å². The van der Waals surface area contributed by atoms with Crippen molar-refractivity contribution in [2.24, 2.45) is 5.41 Å². The van der Waals surface area contributed by atoms with Crippen molar-refractivity contribution in [2.45, 2.75) is 149 Å². The van der Waals surface area contributed by atoms with Crippen LogP contribution < -0.4 is 10.6 Å². The molecule has 2 rings (SSSR count). The molecule has 0 aromatic carbocycles. The van der Waals surface area contributed by atoms with E-state index in [1.807, 2.05) is 18.7 Å². The normalized spacial score (nSPS) is 22.0. The van der Waals surface area contributed by atoms with Gasteiger partial charge in [-0.15, -0.1) is 0 Å². The van der Waals surface area contributed by atoms with E-state index in [0.717, 1.165) is 25.7 Å². The van der Waals surface area contributed by atoms with Crippen molar-refractivity contribution in [3.05, 3.63) is 0 Å². The summed E-state index contributed by atoms with van der Waals surface area (Å²) in [6.45, 7) is 11.6. The van der Waals surface area contributed by atoms with Gasteiger partial charge in [-0.05, 0) is 33.1 Å². The van der Waals surface area contributed by atoms with Gasteiger partial charge in [0.15, 0.2) is 5.79 Å². The van der Waals surface area contributed by atoms with Crippen LogP contribution in [0.1, 0.15) is 131 Å². The van der Waals surface area contributed by atoms with Crippen molar-refractivity contribution >= 4 is 17.7 Å². The van der Waals surface area contributed by atoms with E-state index in [2.05, 4.69) is 17.6 Å². The third-order valence-electron chi connectivity index (χ3n) is 8.02. The zero-order valence-electron chi connectivity index (χ0n) is 25.6. The lowest BCUT2D eigenvalue weighted by molar-refractivity contribution is -0.304. The van der Waals surface area contributed by atoms with E-state index < -0.39 is 17.3 Å². The minimum absolute atomic E-state index is 0.0184. The molecule has 0 radical (unpaired) electrons. The summed E-state index contributed by atoms with van der Waals surface area (Å²) in [5.74, 6) is -0.922. The standard InChI is InChI=1S/C31H57N3O5/c1-6-7-8-9-10-11-12-13-14-15-16-19-26(35)33-23-25-18-17-22-34(25)27(36)20-21-32-29(37)28-30(2,3)24-38-31(4,5)39-28/h25,28H,6-24H2,1-5H3,(H,32,37)(H,33,35). The first-order valence-electron chi connectivity index (χ1n) is 15.7. The Morgan fingerprint density at radius 1 is 0.846 bits per heavy atom. The molecule has 8 nitrogen and oxygen atoms in total. The van der Waals surface area contributed by atoms with Crippen LogP contribution in [0.4, 0.5) is 0 Å². The summed E-state index contributed by atoms with van der Waals surface area (Å²) in [5.41, 5.74) is -0.449. The lowest BCUT2D eigenvalue weighted by Gasteiger charge is -2.44. The van der Waals surface area contributed by atoms with Crippen molar-refractivity contribution in [3.8, 4) is 0 Å². The number of likely N-dealkylation sites (tertiary alicyclic amines) is 1. The van der Waals surface area contributed by atoms with Crippen LogP contribution in [0.25, 0.3) is 0 Å². The highest BCUT2D eigenvalue weighted by atomic mass is 16.7. The number of hydrogen-bond acceptors (Lipinski definition) is 5. The SMILES string of the molecule is CCCCCCCCCCCCCC(=O)NCC1CCCN1C(=O)CCNC(=O)C1OC(C)(C)OCC1(C)C. The van der Waals surface area contributed by atoms with E-state index in [-0.39, 0.29) is 36.7 Å². The Kier molecular flexibility index (Phi) is 14.8. The monoisotopic (exact) mass is 551 g/mol. The Hall–Kier alpha value is -1.67. The molecule has 2 unspecified atom stereocenters. The minimum atomic E-state index is -0.812. The van der Waals surface area contributed by atoms with Gasteiger partial charge in [0.25, 0.3) is 0 Å². The van der Waals surface area contributed by atoms with Gasteiger partial charge in [0.05, 0.1) is 6.61 Å². The molecule has 3 amide bonds. The summed E-state index contributed by atoms with van der Waals surface area (Å²) in [6.07, 6.45) is 16.0. The number of rotatable bonds is 18. The molecular weight excluding hydrogens is 494 g/mol. The van der Waals surface area contributed by atoms with Crippen LogP contribution in [0.15, 0.2) is 0 Å². The lowest BCUT2D eigenvalue weighted by Crippen LogP contribution is -2.56. The molecule has 226 valence electrons. The van der Waals surface area contributed by atoms with E-state index in [0.29, 0.717) is 26.1 Å². The summed E-state index contributed by atoms with van der Waals surface area (Å²) < 4.78 is 11.6. The molecule has 0 aromatic heterocycles. The van der Waals surface area contributed by atoms with Gasteiger partial charge in [0.2, 0.25) is 17.7 Å². The third kappa shape index (κ3) is 12.6. The van der Waals surface area contributed by atoms with Gasteiger partial charge in [-0.25, -0.2) is 0 Å². The number of amides is 3. The van der Waals surface area contributed by atoms with Crippen LogP contribution in [0.3, 0.4) is 0 Å². The predicted octanol–water partition coefficient (Wildman–Crippen LogP) is 5.48. The van der Waals surface area contributed by atoms with Gasteiger partial charge in [0, 0.05) is 43.9 Å². The Bertz CT molecular complexity index is 755. The molecule has 0 aliphatic carbocycles.